The van der Waals surface area contributed by atoms with Gasteiger partial charge < -0.3 is 4.90 Å². The minimum Gasteiger partial charge on any atom is -0.305 e. The highest BCUT2D eigenvalue weighted by molar-refractivity contribution is 6.30. The molecule has 0 N–H and O–H groups in total. The lowest BCUT2D eigenvalue weighted by atomic mass is 9.94. The zero-order chi connectivity index (χ0) is 17.9. The highest BCUT2D eigenvalue weighted by Crippen LogP contribution is 2.41. The van der Waals surface area contributed by atoms with E-state index in [1.807, 2.05) is 65.6 Å². The topological polar surface area (TPSA) is 20.3 Å². The van der Waals surface area contributed by atoms with Gasteiger partial charge in [0.05, 0.1) is 6.04 Å². The second-order valence-electron chi connectivity index (χ2n) is 6.73. The smallest absolute Gasteiger partial charge is 0.231 e. The minimum absolute atomic E-state index is 0.0155. The number of carbonyl (C=O) groups is 1. The van der Waals surface area contributed by atoms with Gasteiger partial charge in [0.25, 0.3) is 0 Å². The lowest BCUT2D eigenvalue weighted by Gasteiger charge is -2.25. The summed E-state index contributed by atoms with van der Waals surface area (Å²) in [7, 11) is 0. The van der Waals surface area contributed by atoms with Crippen molar-refractivity contribution < 1.29 is 4.79 Å². The Labute approximate surface area is 159 Å². The van der Waals surface area contributed by atoms with E-state index in [0.717, 1.165) is 18.5 Å². The molecule has 0 spiro atoms. The summed E-state index contributed by atoms with van der Waals surface area (Å²) in [6.45, 7) is 0. The van der Waals surface area contributed by atoms with Gasteiger partial charge in [-0.25, -0.2) is 0 Å². The number of carbonyl (C=O) groups excluding carboxylic acids is 1. The predicted molar refractivity (Wildman–Crippen MR) is 106 cm³/mol. The molecule has 0 bridgehead atoms. The van der Waals surface area contributed by atoms with Crippen molar-refractivity contribution in [3.8, 4) is 0 Å². The molecule has 4 rings (SSSR count). The molecule has 1 aliphatic rings. The van der Waals surface area contributed by atoms with E-state index in [-0.39, 0.29) is 17.9 Å². The zero-order valence-electron chi connectivity index (χ0n) is 14.4. The molecule has 3 aromatic carbocycles. The van der Waals surface area contributed by atoms with Crippen LogP contribution < -0.4 is 4.90 Å². The van der Waals surface area contributed by atoms with Gasteiger partial charge in [0, 0.05) is 16.6 Å². The number of hydrogen-bond acceptors (Lipinski definition) is 1. The van der Waals surface area contributed by atoms with Gasteiger partial charge in [-0.2, -0.15) is 0 Å². The van der Waals surface area contributed by atoms with Crippen LogP contribution in [0.5, 0.6) is 0 Å². The van der Waals surface area contributed by atoms with Crippen molar-refractivity contribution in [3.63, 3.8) is 0 Å². The average Bonchev–Trinajstić information content (AvgIpc) is 3.00. The summed E-state index contributed by atoms with van der Waals surface area (Å²) >= 11 is 6.04. The van der Waals surface area contributed by atoms with E-state index in [9.17, 15) is 4.79 Å². The zero-order valence-corrected chi connectivity index (χ0v) is 15.1. The van der Waals surface area contributed by atoms with Crippen molar-refractivity contribution in [1.82, 2.24) is 0 Å². The number of nitrogens with zero attached hydrogens (tertiary/aromatic N) is 1. The molecule has 1 heterocycles. The van der Waals surface area contributed by atoms with Gasteiger partial charge in [-0.1, -0.05) is 72.3 Å². The van der Waals surface area contributed by atoms with Gasteiger partial charge >= 0.3 is 0 Å². The molecule has 1 aliphatic heterocycles. The second kappa shape index (κ2) is 7.35. The van der Waals surface area contributed by atoms with Crippen LogP contribution in [0.1, 0.15) is 23.6 Å². The van der Waals surface area contributed by atoms with Gasteiger partial charge in [0.15, 0.2) is 0 Å². The van der Waals surface area contributed by atoms with Crippen molar-refractivity contribution in [3.05, 3.63) is 101 Å². The van der Waals surface area contributed by atoms with Crippen LogP contribution in [-0.2, 0) is 11.2 Å². The second-order valence-corrected chi connectivity index (χ2v) is 7.17. The monoisotopic (exact) mass is 361 g/mol. The van der Waals surface area contributed by atoms with Crippen LogP contribution in [-0.4, -0.2) is 5.91 Å². The maximum absolute atomic E-state index is 13.3. The van der Waals surface area contributed by atoms with E-state index in [1.54, 1.807) is 0 Å². The van der Waals surface area contributed by atoms with E-state index in [1.165, 1.54) is 11.1 Å². The number of amides is 1. The average molecular weight is 362 g/mol. The molecule has 0 saturated carbocycles. The third-order valence-corrected chi connectivity index (χ3v) is 5.27. The van der Waals surface area contributed by atoms with Gasteiger partial charge in [0.2, 0.25) is 5.91 Å². The van der Waals surface area contributed by atoms with Crippen molar-refractivity contribution in [2.24, 2.45) is 5.92 Å². The molecule has 0 aliphatic carbocycles. The predicted octanol–water partition coefficient (Wildman–Crippen LogP) is 5.68. The third kappa shape index (κ3) is 3.38. The summed E-state index contributed by atoms with van der Waals surface area (Å²) in [4.78, 5) is 15.2. The summed E-state index contributed by atoms with van der Waals surface area (Å²) in [5, 5.41) is 0.678. The van der Waals surface area contributed by atoms with Crippen LogP contribution in [0.25, 0.3) is 0 Å². The van der Waals surface area contributed by atoms with E-state index >= 15 is 0 Å². The van der Waals surface area contributed by atoms with Crippen LogP contribution in [0.15, 0.2) is 84.9 Å². The maximum atomic E-state index is 13.3. The van der Waals surface area contributed by atoms with Gasteiger partial charge in [-0.05, 0) is 48.2 Å². The van der Waals surface area contributed by atoms with Gasteiger partial charge in [-0.3, -0.25) is 4.79 Å². The number of rotatable bonds is 4. The summed E-state index contributed by atoms with van der Waals surface area (Å²) in [6, 6.07) is 28.1. The molecule has 1 amide bonds. The number of hydrogen-bond donors (Lipinski definition) is 0. The summed E-state index contributed by atoms with van der Waals surface area (Å²) in [6.07, 6.45) is 1.59. The Kier molecular flexibility index (Phi) is 4.77. The molecule has 2 unspecified atom stereocenters. The third-order valence-electron chi connectivity index (χ3n) is 5.02. The molecule has 2 nitrogen and oxygen atoms in total. The SMILES string of the molecule is O=C1C(Cc2ccccc2)CC(c2ccccc2)N1c1ccc(Cl)cc1. The molecule has 2 atom stereocenters. The fraction of sp³-hybridized carbons (Fsp3) is 0.174. The van der Waals surface area contributed by atoms with Gasteiger partial charge in [-0.15, -0.1) is 0 Å². The van der Waals surface area contributed by atoms with Crippen LogP contribution in [0, 0.1) is 5.92 Å². The Bertz CT molecular complexity index is 877. The van der Waals surface area contributed by atoms with E-state index < -0.39 is 0 Å². The number of halogens is 1. The Hall–Kier alpha value is -2.58. The molecular formula is C23H20ClNO. The quantitative estimate of drug-likeness (QED) is 0.585. The Morgan fingerprint density at radius 3 is 2.12 bits per heavy atom. The molecular weight excluding hydrogens is 342 g/mol. The Balaban J connectivity index is 1.68. The van der Waals surface area contributed by atoms with E-state index in [0.29, 0.717) is 5.02 Å². The van der Waals surface area contributed by atoms with Crippen LogP contribution in [0.2, 0.25) is 5.02 Å². The standard InChI is InChI=1S/C23H20ClNO/c24-20-11-13-21(14-12-20)25-22(18-9-5-2-6-10-18)16-19(23(25)26)15-17-7-3-1-4-8-17/h1-14,19,22H,15-16H2. The van der Waals surface area contributed by atoms with Crippen molar-refractivity contribution in [1.29, 1.82) is 0 Å². The fourth-order valence-corrected chi connectivity index (χ4v) is 3.89. The number of anilines is 1. The van der Waals surface area contributed by atoms with Crippen LogP contribution in [0.4, 0.5) is 5.69 Å². The molecule has 1 saturated heterocycles. The van der Waals surface area contributed by atoms with Crippen molar-refractivity contribution in [2.45, 2.75) is 18.9 Å². The first-order chi connectivity index (χ1) is 12.7. The minimum atomic E-state index is -0.0155. The highest BCUT2D eigenvalue weighted by atomic mass is 35.5. The van der Waals surface area contributed by atoms with Gasteiger partial charge in [0.1, 0.15) is 0 Å². The van der Waals surface area contributed by atoms with E-state index in [4.69, 9.17) is 11.6 Å². The molecule has 0 radical (unpaired) electrons. The Morgan fingerprint density at radius 2 is 1.46 bits per heavy atom. The summed E-state index contributed by atoms with van der Waals surface area (Å²) in [5.41, 5.74) is 3.28. The van der Waals surface area contributed by atoms with Crippen LogP contribution in [0.3, 0.4) is 0 Å². The summed E-state index contributed by atoms with van der Waals surface area (Å²) in [5.74, 6) is 0.170. The fourth-order valence-electron chi connectivity index (χ4n) is 3.76. The lowest BCUT2D eigenvalue weighted by molar-refractivity contribution is -0.120. The summed E-state index contributed by atoms with van der Waals surface area (Å²) < 4.78 is 0. The first-order valence-corrected chi connectivity index (χ1v) is 9.27. The first-order valence-electron chi connectivity index (χ1n) is 8.90. The molecule has 3 aromatic rings. The van der Waals surface area contributed by atoms with Crippen molar-refractivity contribution >= 4 is 23.2 Å². The lowest BCUT2D eigenvalue weighted by Crippen LogP contribution is -2.29. The Morgan fingerprint density at radius 1 is 0.846 bits per heavy atom. The maximum Gasteiger partial charge on any atom is 0.231 e. The van der Waals surface area contributed by atoms with Crippen LogP contribution >= 0.6 is 11.6 Å². The molecule has 130 valence electrons. The first kappa shape index (κ1) is 16.9. The number of benzene rings is 3. The molecule has 26 heavy (non-hydrogen) atoms. The molecule has 3 heteroatoms. The normalized spacial score (nSPS) is 19.7. The van der Waals surface area contributed by atoms with E-state index in [2.05, 4.69) is 24.3 Å². The largest absolute Gasteiger partial charge is 0.305 e. The molecule has 0 aromatic heterocycles. The molecule has 1 fully saturated rings. The van der Waals surface area contributed by atoms with Crippen molar-refractivity contribution in [2.75, 3.05) is 4.90 Å². The highest BCUT2D eigenvalue weighted by Gasteiger charge is 2.40.